The number of fused-ring (bicyclic) bond motifs is 4. The van der Waals surface area contributed by atoms with Gasteiger partial charge in [0.2, 0.25) is 0 Å². The van der Waals surface area contributed by atoms with Gasteiger partial charge < -0.3 is 14.8 Å². The van der Waals surface area contributed by atoms with Gasteiger partial charge in [-0.1, -0.05) is 12.1 Å². The molecule has 1 amide bonds. The highest BCUT2D eigenvalue weighted by Gasteiger charge is 2.25. The quantitative estimate of drug-likeness (QED) is 0.607. The van der Waals surface area contributed by atoms with E-state index in [0.29, 0.717) is 22.0 Å². The summed E-state index contributed by atoms with van der Waals surface area (Å²) in [5, 5.41) is 12.7. The molecule has 3 heterocycles. The molecule has 0 bridgehead atoms. The highest BCUT2D eigenvalue weighted by Crippen LogP contribution is 2.42. The van der Waals surface area contributed by atoms with Crippen LogP contribution in [0.3, 0.4) is 0 Å². The monoisotopic (exact) mass is 436 g/mol. The fourth-order valence-corrected chi connectivity index (χ4v) is 6.12. The molecule has 1 N–H and O–H groups in total. The van der Waals surface area contributed by atoms with Crippen LogP contribution in [0.5, 0.6) is 5.75 Å². The molecule has 1 aliphatic heterocycles. The Labute approximate surface area is 180 Å². The van der Waals surface area contributed by atoms with E-state index in [1.807, 2.05) is 24.3 Å². The number of carbonyl (C=O) groups excluding carboxylic acids is 2. The first kappa shape index (κ1) is 18.9. The van der Waals surface area contributed by atoms with E-state index in [4.69, 9.17) is 9.47 Å². The average molecular weight is 437 g/mol. The first-order chi connectivity index (χ1) is 14.6. The summed E-state index contributed by atoms with van der Waals surface area (Å²) in [6.45, 7) is -0.00147. The molecular weight excluding hydrogens is 420 g/mol. The van der Waals surface area contributed by atoms with Gasteiger partial charge in [0.1, 0.15) is 28.3 Å². The van der Waals surface area contributed by atoms with Crippen molar-refractivity contribution in [2.24, 2.45) is 0 Å². The summed E-state index contributed by atoms with van der Waals surface area (Å²) in [4.78, 5) is 27.4. The number of thiophene rings is 2. The normalized spacial score (nSPS) is 13.4. The number of hydrogen-bond acceptors (Lipinski definition) is 7. The van der Waals surface area contributed by atoms with E-state index < -0.39 is 18.5 Å². The van der Waals surface area contributed by atoms with Gasteiger partial charge in [0.25, 0.3) is 5.91 Å². The number of ether oxygens (including phenoxy) is 2. The summed E-state index contributed by atoms with van der Waals surface area (Å²) in [5.74, 6) is -0.201. The zero-order valence-electron chi connectivity index (χ0n) is 15.8. The number of benzene rings is 1. The molecule has 0 spiro atoms. The van der Waals surface area contributed by atoms with Gasteiger partial charge in [-0.3, -0.25) is 4.79 Å². The maximum atomic E-state index is 12.5. The predicted octanol–water partition coefficient (Wildman–Crippen LogP) is 4.52. The smallest absolute Gasteiger partial charge is 0.348 e. The average Bonchev–Trinajstić information content (AvgIpc) is 3.46. The van der Waals surface area contributed by atoms with E-state index in [0.717, 1.165) is 51.5 Å². The second-order valence-corrected chi connectivity index (χ2v) is 9.20. The third-order valence-electron chi connectivity index (χ3n) is 5.15. The Morgan fingerprint density at radius 3 is 2.97 bits per heavy atom. The zero-order valence-corrected chi connectivity index (χ0v) is 17.5. The zero-order chi connectivity index (χ0) is 20.7. The lowest BCUT2D eigenvalue weighted by Gasteiger charge is -2.16. The van der Waals surface area contributed by atoms with E-state index >= 15 is 0 Å². The lowest BCUT2D eigenvalue weighted by Crippen LogP contribution is -2.20. The summed E-state index contributed by atoms with van der Waals surface area (Å²) in [6.07, 6.45) is 2.85. The SMILES string of the molecule is N#Cc1c(NC(=O)COC(=O)c2cc3c(s2)-c2ccccc2OC3)sc2c1CCC2. The van der Waals surface area contributed by atoms with E-state index in [9.17, 15) is 14.9 Å². The Hall–Kier alpha value is -3.15. The molecule has 2 aliphatic rings. The van der Waals surface area contributed by atoms with Crippen LogP contribution in [0.2, 0.25) is 0 Å². The van der Waals surface area contributed by atoms with Gasteiger partial charge in [0.05, 0.1) is 5.56 Å². The van der Waals surface area contributed by atoms with Crippen LogP contribution in [-0.2, 0) is 29.0 Å². The first-order valence-electron chi connectivity index (χ1n) is 9.50. The maximum absolute atomic E-state index is 12.5. The van der Waals surface area contributed by atoms with Crippen molar-refractivity contribution in [1.82, 2.24) is 0 Å². The number of nitrogens with one attached hydrogen (secondary N) is 1. The van der Waals surface area contributed by atoms with Crippen molar-refractivity contribution in [2.75, 3.05) is 11.9 Å². The highest BCUT2D eigenvalue weighted by molar-refractivity contribution is 7.17. The van der Waals surface area contributed by atoms with Crippen LogP contribution in [0.15, 0.2) is 30.3 Å². The molecule has 0 fully saturated rings. The number of carbonyl (C=O) groups is 2. The van der Waals surface area contributed by atoms with Crippen LogP contribution >= 0.6 is 22.7 Å². The second kappa shape index (κ2) is 7.59. The molecule has 5 rings (SSSR count). The van der Waals surface area contributed by atoms with Crippen LogP contribution < -0.4 is 10.1 Å². The molecule has 2 aromatic heterocycles. The number of aryl methyl sites for hydroxylation is 1. The molecular formula is C22H16N2O4S2. The summed E-state index contributed by atoms with van der Waals surface area (Å²) in [6, 6.07) is 11.6. The summed E-state index contributed by atoms with van der Waals surface area (Å²) in [5.41, 5.74) is 3.47. The van der Waals surface area contributed by atoms with Crippen molar-refractivity contribution in [3.05, 3.63) is 56.8 Å². The van der Waals surface area contributed by atoms with Crippen molar-refractivity contribution >= 4 is 39.6 Å². The molecule has 150 valence electrons. The van der Waals surface area contributed by atoms with E-state index in [2.05, 4.69) is 11.4 Å². The maximum Gasteiger partial charge on any atom is 0.348 e. The van der Waals surface area contributed by atoms with E-state index in [1.54, 1.807) is 6.07 Å². The van der Waals surface area contributed by atoms with Gasteiger partial charge in [0.15, 0.2) is 6.61 Å². The molecule has 6 nitrogen and oxygen atoms in total. The number of nitrogens with zero attached hydrogens (tertiary/aromatic N) is 1. The van der Waals surface area contributed by atoms with Crippen molar-refractivity contribution in [2.45, 2.75) is 25.9 Å². The molecule has 8 heteroatoms. The van der Waals surface area contributed by atoms with Crippen molar-refractivity contribution in [3.8, 4) is 22.3 Å². The lowest BCUT2D eigenvalue weighted by molar-refractivity contribution is -0.119. The number of para-hydroxylation sites is 1. The van der Waals surface area contributed by atoms with Gasteiger partial charge in [-0.2, -0.15) is 5.26 Å². The van der Waals surface area contributed by atoms with Crippen LogP contribution in [-0.4, -0.2) is 18.5 Å². The Morgan fingerprint density at radius 2 is 2.10 bits per heavy atom. The van der Waals surface area contributed by atoms with Crippen LogP contribution in [0, 0.1) is 11.3 Å². The lowest BCUT2D eigenvalue weighted by atomic mass is 10.1. The van der Waals surface area contributed by atoms with Crippen LogP contribution in [0.4, 0.5) is 5.00 Å². The fraction of sp³-hybridized carbons (Fsp3) is 0.227. The molecule has 0 saturated heterocycles. The van der Waals surface area contributed by atoms with Gasteiger partial charge >= 0.3 is 5.97 Å². The molecule has 0 unspecified atom stereocenters. The van der Waals surface area contributed by atoms with E-state index in [1.165, 1.54) is 22.7 Å². The minimum absolute atomic E-state index is 0.399. The van der Waals surface area contributed by atoms with Gasteiger partial charge in [-0.15, -0.1) is 22.7 Å². The second-order valence-electron chi connectivity index (χ2n) is 7.05. The van der Waals surface area contributed by atoms with Gasteiger partial charge in [-0.25, -0.2) is 4.79 Å². The Balaban J connectivity index is 1.25. The van der Waals surface area contributed by atoms with Crippen LogP contribution in [0.25, 0.3) is 10.4 Å². The standard InChI is InChI=1S/C22H16N2O4S2/c23-9-15-13-5-3-7-17(13)30-21(15)24-19(25)11-28-22(26)18-8-12-10-27-16-6-2-1-4-14(16)20(12)29-18/h1-2,4,6,8H,3,5,7,10-11H2,(H,24,25). The third kappa shape index (κ3) is 3.26. The third-order valence-corrected chi connectivity index (χ3v) is 7.54. The molecule has 0 radical (unpaired) electrons. The largest absolute Gasteiger partial charge is 0.488 e. The number of rotatable bonds is 4. The minimum Gasteiger partial charge on any atom is -0.488 e. The van der Waals surface area contributed by atoms with Gasteiger partial charge in [-0.05, 0) is 43.0 Å². The van der Waals surface area contributed by atoms with E-state index in [-0.39, 0.29) is 0 Å². The summed E-state index contributed by atoms with van der Waals surface area (Å²) >= 11 is 2.77. The molecule has 30 heavy (non-hydrogen) atoms. The molecule has 3 aromatic rings. The first-order valence-corrected chi connectivity index (χ1v) is 11.1. The molecule has 1 aliphatic carbocycles. The van der Waals surface area contributed by atoms with Crippen molar-refractivity contribution in [1.29, 1.82) is 5.26 Å². The fourth-order valence-electron chi connectivity index (χ4n) is 3.78. The number of amides is 1. The minimum atomic E-state index is -0.545. The Bertz CT molecular complexity index is 1220. The van der Waals surface area contributed by atoms with Gasteiger partial charge in [0, 0.05) is 20.9 Å². The molecule has 0 saturated carbocycles. The summed E-state index contributed by atoms with van der Waals surface area (Å²) in [7, 11) is 0. The number of nitriles is 1. The Kier molecular flexibility index (Phi) is 4.77. The predicted molar refractivity (Wildman–Crippen MR) is 114 cm³/mol. The molecule has 0 atom stereocenters. The number of esters is 1. The topological polar surface area (TPSA) is 88.4 Å². The Morgan fingerprint density at radius 1 is 1.23 bits per heavy atom. The van der Waals surface area contributed by atoms with Crippen molar-refractivity contribution < 1.29 is 19.1 Å². The number of anilines is 1. The number of hydrogen-bond donors (Lipinski definition) is 1. The highest BCUT2D eigenvalue weighted by atomic mass is 32.1. The molecule has 1 aromatic carbocycles. The van der Waals surface area contributed by atoms with Crippen molar-refractivity contribution in [3.63, 3.8) is 0 Å². The van der Waals surface area contributed by atoms with Crippen LogP contribution in [0.1, 0.15) is 37.7 Å². The summed E-state index contributed by atoms with van der Waals surface area (Å²) < 4.78 is 10.9.